The molecule has 6 nitrogen and oxygen atoms in total. The lowest BCUT2D eigenvalue weighted by molar-refractivity contribution is 0.271. The molecule has 114 valence electrons. The van der Waals surface area contributed by atoms with Crippen molar-refractivity contribution in [2.75, 3.05) is 31.6 Å². The predicted molar refractivity (Wildman–Crippen MR) is 79.2 cm³/mol. The lowest BCUT2D eigenvalue weighted by atomic mass is 10.4. The van der Waals surface area contributed by atoms with Gasteiger partial charge in [-0.1, -0.05) is 13.8 Å². The predicted octanol–water partition coefficient (Wildman–Crippen LogP) is 1.30. The van der Waals surface area contributed by atoms with Crippen LogP contribution in [0.4, 0.5) is 5.69 Å². The third-order valence-corrected chi connectivity index (χ3v) is 4.89. The van der Waals surface area contributed by atoms with E-state index in [9.17, 15) is 8.42 Å². The topological polar surface area (TPSA) is 82.5 Å². The average Bonchev–Trinajstić information content (AvgIpc) is 2.46. The van der Waals surface area contributed by atoms with Gasteiger partial charge < -0.3 is 10.4 Å². The van der Waals surface area contributed by atoms with Crippen molar-refractivity contribution >= 4 is 15.7 Å². The zero-order chi connectivity index (χ0) is 15.0. The van der Waals surface area contributed by atoms with Crippen LogP contribution in [0.5, 0.6) is 0 Å². The number of aromatic nitrogens is 1. The van der Waals surface area contributed by atoms with E-state index < -0.39 is 10.0 Å². The SMILES string of the molecule is CCCNc1ccncc1S(=O)(=O)N(CC)CCCO. The normalized spacial score (nSPS) is 11.8. The molecule has 0 fully saturated rings. The summed E-state index contributed by atoms with van der Waals surface area (Å²) in [7, 11) is -3.59. The van der Waals surface area contributed by atoms with E-state index in [1.54, 1.807) is 19.2 Å². The fourth-order valence-electron chi connectivity index (χ4n) is 1.83. The molecule has 1 heterocycles. The van der Waals surface area contributed by atoms with E-state index >= 15 is 0 Å². The van der Waals surface area contributed by atoms with E-state index in [0.29, 0.717) is 31.7 Å². The molecule has 0 aliphatic rings. The summed E-state index contributed by atoms with van der Waals surface area (Å²) < 4.78 is 26.6. The van der Waals surface area contributed by atoms with Crippen molar-refractivity contribution in [2.45, 2.75) is 31.6 Å². The van der Waals surface area contributed by atoms with Crippen LogP contribution in [-0.4, -0.2) is 49.1 Å². The molecule has 0 radical (unpaired) electrons. The Bertz CT molecular complexity index is 505. The van der Waals surface area contributed by atoms with E-state index in [4.69, 9.17) is 5.11 Å². The van der Waals surface area contributed by atoms with Crippen molar-refractivity contribution in [3.8, 4) is 0 Å². The first kappa shape index (κ1) is 16.9. The fraction of sp³-hybridized carbons (Fsp3) is 0.615. The van der Waals surface area contributed by atoms with Crippen LogP contribution in [0.2, 0.25) is 0 Å². The van der Waals surface area contributed by atoms with Gasteiger partial charge in [0.15, 0.2) is 0 Å². The Morgan fingerprint density at radius 1 is 1.40 bits per heavy atom. The summed E-state index contributed by atoms with van der Waals surface area (Å²) in [6.45, 7) is 5.14. The van der Waals surface area contributed by atoms with E-state index in [1.165, 1.54) is 10.5 Å². The maximum atomic E-state index is 12.6. The maximum Gasteiger partial charge on any atom is 0.246 e. The van der Waals surface area contributed by atoms with Crippen molar-refractivity contribution < 1.29 is 13.5 Å². The number of hydrogen-bond donors (Lipinski definition) is 2. The maximum absolute atomic E-state index is 12.6. The fourth-order valence-corrected chi connectivity index (χ4v) is 3.43. The number of anilines is 1. The van der Waals surface area contributed by atoms with E-state index in [1.807, 2.05) is 6.92 Å². The average molecular weight is 301 g/mol. The Hall–Kier alpha value is -1.18. The first-order valence-corrected chi connectivity index (χ1v) is 8.30. The summed E-state index contributed by atoms with van der Waals surface area (Å²) in [6, 6.07) is 1.67. The van der Waals surface area contributed by atoms with Gasteiger partial charge in [-0.15, -0.1) is 0 Å². The molecule has 0 aliphatic carbocycles. The lowest BCUT2D eigenvalue weighted by Crippen LogP contribution is -2.33. The summed E-state index contributed by atoms with van der Waals surface area (Å²) in [4.78, 5) is 4.11. The molecule has 2 N–H and O–H groups in total. The van der Waals surface area contributed by atoms with Crippen molar-refractivity contribution in [2.24, 2.45) is 0 Å². The van der Waals surface area contributed by atoms with Crippen molar-refractivity contribution in [3.05, 3.63) is 18.5 Å². The second-order valence-corrected chi connectivity index (χ2v) is 6.28. The van der Waals surface area contributed by atoms with Gasteiger partial charge >= 0.3 is 0 Å². The van der Waals surface area contributed by atoms with E-state index in [2.05, 4.69) is 10.3 Å². The largest absolute Gasteiger partial charge is 0.396 e. The molecule has 20 heavy (non-hydrogen) atoms. The molecule has 0 aromatic carbocycles. The number of nitrogens with zero attached hydrogens (tertiary/aromatic N) is 2. The summed E-state index contributed by atoms with van der Waals surface area (Å²) in [5.41, 5.74) is 0.573. The van der Waals surface area contributed by atoms with Gasteiger partial charge in [0.1, 0.15) is 4.90 Å². The van der Waals surface area contributed by atoms with Gasteiger partial charge in [-0.3, -0.25) is 4.98 Å². The smallest absolute Gasteiger partial charge is 0.246 e. The van der Waals surface area contributed by atoms with Crippen LogP contribution in [0.3, 0.4) is 0 Å². The molecular weight excluding hydrogens is 278 g/mol. The molecule has 0 saturated carbocycles. The monoisotopic (exact) mass is 301 g/mol. The van der Waals surface area contributed by atoms with Gasteiger partial charge in [0, 0.05) is 38.6 Å². The van der Waals surface area contributed by atoms with E-state index in [0.717, 1.165) is 6.42 Å². The van der Waals surface area contributed by atoms with Crippen molar-refractivity contribution in [1.29, 1.82) is 0 Å². The Morgan fingerprint density at radius 3 is 2.75 bits per heavy atom. The Morgan fingerprint density at radius 2 is 2.15 bits per heavy atom. The molecular formula is C13H23N3O3S. The first-order chi connectivity index (χ1) is 9.57. The summed E-state index contributed by atoms with van der Waals surface area (Å²) in [6.07, 6.45) is 4.27. The summed E-state index contributed by atoms with van der Waals surface area (Å²) >= 11 is 0. The molecule has 7 heteroatoms. The zero-order valence-corrected chi connectivity index (χ0v) is 12.9. The third-order valence-electron chi connectivity index (χ3n) is 2.89. The van der Waals surface area contributed by atoms with Crippen LogP contribution >= 0.6 is 0 Å². The number of hydrogen-bond acceptors (Lipinski definition) is 5. The van der Waals surface area contributed by atoms with Gasteiger partial charge in [0.2, 0.25) is 10.0 Å². The second kappa shape index (κ2) is 8.18. The minimum absolute atomic E-state index is 0.0278. The standard InChI is InChI=1S/C13H23N3O3S/c1-3-7-15-12-6-8-14-11-13(12)20(18,19)16(4-2)9-5-10-17/h6,8,11,17H,3-5,7,9-10H2,1-2H3,(H,14,15). The van der Waals surface area contributed by atoms with Gasteiger partial charge in [0.05, 0.1) is 5.69 Å². The number of pyridine rings is 1. The molecule has 1 aromatic heterocycles. The highest BCUT2D eigenvalue weighted by Crippen LogP contribution is 2.23. The van der Waals surface area contributed by atoms with Crippen LogP contribution in [0.15, 0.2) is 23.4 Å². The molecule has 1 rings (SSSR count). The van der Waals surface area contributed by atoms with Gasteiger partial charge in [-0.25, -0.2) is 8.42 Å². The molecule has 0 bridgehead atoms. The molecule has 0 saturated heterocycles. The zero-order valence-electron chi connectivity index (χ0n) is 12.0. The van der Waals surface area contributed by atoms with Gasteiger partial charge in [0.25, 0.3) is 0 Å². The van der Waals surface area contributed by atoms with Crippen molar-refractivity contribution in [3.63, 3.8) is 0 Å². The third kappa shape index (κ3) is 4.16. The second-order valence-electron chi connectivity index (χ2n) is 4.37. The highest BCUT2D eigenvalue weighted by atomic mass is 32.2. The van der Waals surface area contributed by atoms with Crippen LogP contribution in [0, 0.1) is 0 Å². The van der Waals surface area contributed by atoms with Gasteiger partial charge in [-0.2, -0.15) is 4.31 Å². The van der Waals surface area contributed by atoms with Crippen LogP contribution in [0.25, 0.3) is 0 Å². The molecule has 0 spiro atoms. The van der Waals surface area contributed by atoms with Crippen LogP contribution in [0.1, 0.15) is 26.7 Å². The number of nitrogens with one attached hydrogen (secondary N) is 1. The number of sulfonamides is 1. The van der Waals surface area contributed by atoms with Crippen LogP contribution < -0.4 is 5.32 Å². The minimum atomic E-state index is -3.59. The van der Waals surface area contributed by atoms with Gasteiger partial charge in [-0.05, 0) is 18.9 Å². The first-order valence-electron chi connectivity index (χ1n) is 6.86. The summed E-state index contributed by atoms with van der Waals surface area (Å²) in [5, 5.41) is 12.0. The summed E-state index contributed by atoms with van der Waals surface area (Å²) in [5.74, 6) is 0. The highest BCUT2D eigenvalue weighted by Gasteiger charge is 2.25. The Balaban J connectivity index is 3.06. The van der Waals surface area contributed by atoms with Crippen molar-refractivity contribution in [1.82, 2.24) is 9.29 Å². The number of aliphatic hydroxyl groups is 1. The number of aliphatic hydroxyl groups excluding tert-OH is 1. The van der Waals surface area contributed by atoms with E-state index in [-0.39, 0.29) is 11.5 Å². The molecule has 0 aliphatic heterocycles. The molecule has 0 atom stereocenters. The Kier molecular flexibility index (Phi) is 6.90. The highest BCUT2D eigenvalue weighted by molar-refractivity contribution is 7.89. The number of rotatable bonds is 9. The minimum Gasteiger partial charge on any atom is -0.396 e. The van der Waals surface area contributed by atoms with Crippen LogP contribution in [-0.2, 0) is 10.0 Å². The lowest BCUT2D eigenvalue weighted by Gasteiger charge is -2.21. The quantitative estimate of drug-likeness (QED) is 0.718. The Labute approximate surface area is 120 Å². The molecule has 1 aromatic rings. The molecule has 0 amide bonds. The molecule has 0 unspecified atom stereocenters.